The van der Waals surface area contributed by atoms with E-state index in [0.717, 1.165) is 100 Å². The van der Waals surface area contributed by atoms with Gasteiger partial charge in [0.1, 0.15) is 0 Å². The maximum absolute atomic E-state index is 13.4. The minimum Gasteiger partial charge on any atom is -0.371 e. The highest BCUT2D eigenvalue weighted by molar-refractivity contribution is 6.02. The van der Waals surface area contributed by atoms with Crippen LogP contribution in [-0.2, 0) is 4.79 Å². The molecular formula is C24H35N3O2. The zero-order valence-electron chi connectivity index (χ0n) is 17.8. The largest absolute Gasteiger partial charge is 0.371 e. The van der Waals surface area contributed by atoms with E-state index < -0.39 is 0 Å². The van der Waals surface area contributed by atoms with E-state index >= 15 is 0 Å². The highest BCUT2D eigenvalue weighted by Gasteiger charge is 2.27. The molecule has 3 fully saturated rings. The summed E-state index contributed by atoms with van der Waals surface area (Å²) in [5.74, 6) is 1.10. The van der Waals surface area contributed by atoms with Crippen LogP contribution in [0.5, 0.6) is 0 Å². The van der Waals surface area contributed by atoms with Crippen molar-refractivity contribution < 1.29 is 9.59 Å². The van der Waals surface area contributed by atoms with Crippen molar-refractivity contribution in [3.63, 3.8) is 0 Å². The lowest BCUT2D eigenvalue weighted by Crippen LogP contribution is -2.38. The molecular weight excluding hydrogens is 362 g/mol. The Hall–Kier alpha value is -2.04. The van der Waals surface area contributed by atoms with Crippen LogP contribution in [0.15, 0.2) is 18.2 Å². The van der Waals surface area contributed by atoms with Gasteiger partial charge in [0.2, 0.25) is 5.91 Å². The minimum absolute atomic E-state index is 0.110. The van der Waals surface area contributed by atoms with Gasteiger partial charge >= 0.3 is 0 Å². The van der Waals surface area contributed by atoms with Gasteiger partial charge in [-0.15, -0.1) is 0 Å². The van der Waals surface area contributed by atoms with Gasteiger partial charge in [-0.25, -0.2) is 0 Å². The molecule has 1 aromatic rings. The summed E-state index contributed by atoms with van der Waals surface area (Å²) < 4.78 is 0. The summed E-state index contributed by atoms with van der Waals surface area (Å²) in [4.78, 5) is 30.4. The van der Waals surface area contributed by atoms with Gasteiger partial charge in [0.25, 0.3) is 5.91 Å². The third kappa shape index (κ3) is 4.76. The Morgan fingerprint density at radius 1 is 0.897 bits per heavy atom. The molecule has 1 aliphatic carbocycles. The number of nitrogens with zero attached hydrogens (tertiary/aromatic N) is 2. The number of benzene rings is 1. The molecule has 2 amide bonds. The van der Waals surface area contributed by atoms with Crippen LogP contribution in [0, 0.1) is 11.8 Å². The van der Waals surface area contributed by atoms with E-state index in [0.29, 0.717) is 0 Å². The first-order valence-corrected chi connectivity index (χ1v) is 11.6. The van der Waals surface area contributed by atoms with Crippen molar-refractivity contribution in [3.05, 3.63) is 23.8 Å². The molecule has 0 atom stereocenters. The lowest BCUT2D eigenvalue weighted by Gasteiger charge is -2.35. The molecule has 158 valence electrons. The number of likely N-dealkylation sites (tertiary alicyclic amines) is 1. The maximum atomic E-state index is 13.4. The zero-order valence-corrected chi connectivity index (χ0v) is 17.8. The van der Waals surface area contributed by atoms with Crippen molar-refractivity contribution >= 4 is 23.2 Å². The highest BCUT2D eigenvalue weighted by Crippen LogP contribution is 2.31. The number of carbonyl (C=O) groups excluding carboxylic acids is 2. The van der Waals surface area contributed by atoms with Crippen LogP contribution in [0.4, 0.5) is 11.4 Å². The van der Waals surface area contributed by atoms with Crippen LogP contribution in [0.1, 0.15) is 75.1 Å². The summed E-state index contributed by atoms with van der Waals surface area (Å²) >= 11 is 0. The summed E-state index contributed by atoms with van der Waals surface area (Å²) in [6.07, 6.45) is 9.95. The number of amides is 2. The molecule has 0 spiro atoms. The molecule has 2 heterocycles. The van der Waals surface area contributed by atoms with E-state index in [-0.39, 0.29) is 17.7 Å². The van der Waals surface area contributed by atoms with Crippen LogP contribution in [-0.4, -0.2) is 42.9 Å². The predicted octanol–water partition coefficient (Wildman–Crippen LogP) is 4.68. The average Bonchev–Trinajstić information content (AvgIpc) is 3.30. The van der Waals surface area contributed by atoms with Gasteiger partial charge < -0.3 is 15.1 Å². The van der Waals surface area contributed by atoms with Crippen LogP contribution >= 0.6 is 0 Å². The first kappa shape index (κ1) is 20.2. The number of piperidine rings is 2. The molecule has 0 aromatic heterocycles. The van der Waals surface area contributed by atoms with Gasteiger partial charge in [-0.3, -0.25) is 9.59 Å². The second-order valence-electron chi connectivity index (χ2n) is 9.22. The van der Waals surface area contributed by atoms with Crippen molar-refractivity contribution in [3.8, 4) is 0 Å². The first-order chi connectivity index (χ1) is 14.1. The van der Waals surface area contributed by atoms with Crippen LogP contribution < -0.4 is 10.2 Å². The quantitative estimate of drug-likeness (QED) is 0.803. The standard InChI is InChI=1S/C24H35N3O2/c1-18-11-15-26(16-12-18)22-10-9-20(25-23(28)19-7-3-4-8-19)17-21(22)24(29)27-13-5-2-6-14-27/h9-10,17-19H,2-8,11-16H2,1H3,(H,25,28). The molecule has 0 radical (unpaired) electrons. The fraction of sp³-hybridized carbons (Fsp3) is 0.667. The third-order valence-electron chi connectivity index (χ3n) is 6.99. The van der Waals surface area contributed by atoms with Crippen LogP contribution in [0.25, 0.3) is 0 Å². The van der Waals surface area contributed by atoms with Gasteiger partial charge in [0, 0.05) is 43.5 Å². The van der Waals surface area contributed by atoms with E-state index in [1.165, 1.54) is 6.42 Å². The number of rotatable bonds is 4. The summed E-state index contributed by atoms with van der Waals surface area (Å²) in [5, 5.41) is 3.09. The monoisotopic (exact) mass is 397 g/mol. The average molecular weight is 398 g/mol. The minimum atomic E-state index is 0.110. The van der Waals surface area contributed by atoms with Crippen molar-refractivity contribution in [2.24, 2.45) is 11.8 Å². The molecule has 1 N–H and O–H groups in total. The van der Waals surface area contributed by atoms with Crippen LogP contribution in [0.2, 0.25) is 0 Å². The van der Waals surface area contributed by atoms with E-state index in [1.807, 2.05) is 17.0 Å². The molecule has 29 heavy (non-hydrogen) atoms. The Kier molecular flexibility index (Phi) is 6.41. The Morgan fingerprint density at radius 3 is 2.28 bits per heavy atom. The Labute approximate surface area is 174 Å². The molecule has 1 saturated carbocycles. The van der Waals surface area contributed by atoms with E-state index in [1.54, 1.807) is 0 Å². The van der Waals surface area contributed by atoms with Crippen molar-refractivity contribution in [2.75, 3.05) is 36.4 Å². The number of hydrogen-bond acceptors (Lipinski definition) is 3. The summed E-state index contributed by atoms with van der Waals surface area (Å²) in [7, 11) is 0. The van der Waals surface area contributed by atoms with Crippen molar-refractivity contribution in [1.82, 2.24) is 4.90 Å². The Bertz CT molecular complexity index is 728. The van der Waals surface area contributed by atoms with Crippen molar-refractivity contribution in [2.45, 2.75) is 64.7 Å². The SMILES string of the molecule is CC1CCN(c2ccc(NC(=O)C3CCCC3)cc2C(=O)N2CCCCC2)CC1. The Balaban J connectivity index is 1.58. The predicted molar refractivity (Wildman–Crippen MR) is 117 cm³/mol. The lowest BCUT2D eigenvalue weighted by molar-refractivity contribution is -0.119. The number of hydrogen-bond donors (Lipinski definition) is 1. The molecule has 5 heteroatoms. The van der Waals surface area contributed by atoms with Gasteiger partial charge in [0.05, 0.1) is 5.56 Å². The summed E-state index contributed by atoms with van der Waals surface area (Å²) in [5.41, 5.74) is 2.55. The third-order valence-corrected chi connectivity index (χ3v) is 6.99. The molecule has 2 aliphatic heterocycles. The van der Waals surface area contributed by atoms with Gasteiger partial charge in [-0.05, 0) is 69.1 Å². The number of anilines is 2. The normalized spacial score (nSPS) is 21.4. The van der Waals surface area contributed by atoms with E-state index in [2.05, 4.69) is 23.2 Å². The van der Waals surface area contributed by atoms with Crippen LogP contribution in [0.3, 0.4) is 0 Å². The van der Waals surface area contributed by atoms with Gasteiger partial charge in [-0.2, -0.15) is 0 Å². The Morgan fingerprint density at radius 2 is 1.59 bits per heavy atom. The lowest BCUT2D eigenvalue weighted by atomic mass is 9.97. The smallest absolute Gasteiger partial charge is 0.256 e. The van der Waals surface area contributed by atoms with E-state index in [4.69, 9.17) is 0 Å². The molecule has 4 rings (SSSR count). The fourth-order valence-electron chi connectivity index (χ4n) is 5.01. The molecule has 3 aliphatic rings. The molecule has 5 nitrogen and oxygen atoms in total. The second kappa shape index (κ2) is 9.19. The zero-order chi connectivity index (χ0) is 20.2. The summed E-state index contributed by atoms with van der Waals surface area (Å²) in [6.45, 7) is 5.98. The fourth-order valence-corrected chi connectivity index (χ4v) is 5.01. The number of carbonyl (C=O) groups is 2. The topological polar surface area (TPSA) is 52.7 Å². The van der Waals surface area contributed by atoms with Gasteiger partial charge in [-0.1, -0.05) is 19.8 Å². The summed E-state index contributed by atoms with van der Waals surface area (Å²) in [6, 6.07) is 5.96. The maximum Gasteiger partial charge on any atom is 0.256 e. The molecule has 2 saturated heterocycles. The molecule has 0 bridgehead atoms. The highest BCUT2D eigenvalue weighted by atomic mass is 16.2. The van der Waals surface area contributed by atoms with Crippen molar-refractivity contribution in [1.29, 1.82) is 0 Å². The molecule has 0 unspecified atom stereocenters. The second-order valence-corrected chi connectivity index (χ2v) is 9.22. The van der Waals surface area contributed by atoms with E-state index in [9.17, 15) is 9.59 Å². The first-order valence-electron chi connectivity index (χ1n) is 11.6. The van der Waals surface area contributed by atoms with Gasteiger partial charge in [0.15, 0.2) is 0 Å². The number of nitrogens with one attached hydrogen (secondary N) is 1. The molecule has 1 aromatic carbocycles.